The maximum Gasteiger partial charge on any atom is 0.485 e. The Morgan fingerprint density at radius 3 is 1.87 bits per heavy atom. The zero-order chi connectivity index (χ0) is 12.3. The van der Waals surface area contributed by atoms with Crippen molar-refractivity contribution in [1.29, 1.82) is 0 Å². The van der Waals surface area contributed by atoms with Gasteiger partial charge in [-0.05, 0) is 6.92 Å². The fourth-order valence-corrected chi connectivity index (χ4v) is 1.18. The molecule has 2 unspecified atom stereocenters. The van der Waals surface area contributed by atoms with Crippen LogP contribution in [0.3, 0.4) is 0 Å². The van der Waals surface area contributed by atoms with Crippen molar-refractivity contribution >= 4 is 10.1 Å². The largest absolute Gasteiger partial charge is 0.741 e. The van der Waals surface area contributed by atoms with Gasteiger partial charge in [-0.15, -0.1) is 0 Å². The van der Waals surface area contributed by atoms with Gasteiger partial charge in [-0.3, -0.25) is 0 Å². The lowest BCUT2D eigenvalue weighted by atomic mass is 10.3. The summed E-state index contributed by atoms with van der Waals surface area (Å²) in [5, 5.41) is 0. The minimum absolute atomic E-state index is 0.931. The molecule has 0 saturated carbocycles. The van der Waals surface area contributed by atoms with Crippen molar-refractivity contribution in [2.75, 3.05) is 13.6 Å². The van der Waals surface area contributed by atoms with Gasteiger partial charge in [0.1, 0.15) is 0 Å². The van der Waals surface area contributed by atoms with Gasteiger partial charge in [0.25, 0.3) is 0 Å². The molecule has 0 aliphatic carbocycles. The van der Waals surface area contributed by atoms with Gasteiger partial charge in [0.15, 0.2) is 10.1 Å². The first-order valence-corrected chi connectivity index (χ1v) is 5.81. The van der Waals surface area contributed by atoms with Gasteiger partial charge < -0.3 is 9.45 Å². The molecule has 8 heteroatoms. The zero-order valence-electron chi connectivity index (χ0n) is 8.47. The van der Waals surface area contributed by atoms with Gasteiger partial charge in [-0.1, -0.05) is 0 Å². The number of rotatable bonds is 0. The third-order valence-corrected chi connectivity index (χ3v) is 2.90. The lowest BCUT2D eigenvalue weighted by Gasteiger charge is -2.09. The van der Waals surface area contributed by atoms with E-state index in [0.717, 1.165) is 6.04 Å². The monoisotopic (exact) mass is 249 g/mol. The number of halogens is 3. The molecule has 0 bridgehead atoms. The molecule has 1 fully saturated rings. The summed E-state index contributed by atoms with van der Waals surface area (Å²) in [6.07, 6.45) is 2.87. The summed E-state index contributed by atoms with van der Waals surface area (Å²) >= 11 is 0. The molecule has 0 aromatic rings. The van der Waals surface area contributed by atoms with Crippen molar-refractivity contribution < 1.29 is 31.0 Å². The Hall–Kier alpha value is -0.340. The molecule has 1 aliphatic heterocycles. The third-order valence-electron chi connectivity index (χ3n) is 2.33. The highest BCUT2D eigenvalue weighted by Crippen LogP contribution is 2.20. The van der Waals surface area contributed by atoms with Crippen molar-refractivity contribution in [2.45, 2.75) is 31.3 Å². The minimum Gasteiger partial charge on any atom is -0.741 e. The van der Waals surface area contributed by atoms with E-state index in [1.165, 1.54) is 19.4 Å². The molecule has 1 aliphatic rings. The molecule has 2 atom stereocenters. The molecular formula is C7H14F3NO3S. The first-order valence-electron chi connectivity index (χ1n) is 4.40. The Morgan fingerprint density at radius 2 is 1.80 bits per heavy atom. The predicted octanol–water partition coefficient (Wildman–Crippen LogP) is -0.265. The van der Waals surface area contributed by atoms with Gasteiger partial charge in [-0.25, -0.2) is 8.42 Å². The Labute approximate surface area is 86.8 Å². The number of nitrogens with one attached hydrogen (secondary N) is 1. The van der Waals surface area contributed by atoms with Crippen LogP contribution < -0.4 is 4.90 Å². The normalized spacial score (nSPS) is 27.1. The van der Waals surface area contributed by atoms with Gasteiger partial charge in [0.05, 0.1) is 19.6 Å². The summed E-state index contributed by atoms with van der Waals surface area (Å²) in [6.45, 7) is 3.71. The van der Waals surface area contributed by atoms with E-state index in [4.69, 9.17) is 13.0 Å². The Bertz CT molecular complexity index is 280. The van der Waals surface area contributed by atoms with Crippen LogP contribution in [-0.4, -0.2) is 38.1 Å². The van der Waals surface area contributed by atoms with Crippen LogP contribution in [0.15, 0.2) is 0 Å². The molecule has 4 nitrogen and oxygen atoms in total. The van der Waals surface area contributed by atoms with Crippen LogP contribution in [0, 0.1) is 0 Å². The van der Waals surface area contributed by atoms with Crippen LogP contribution in [0.25, 0.3) is 0 Å². The first-order chi connectivity index (χ1) is 6.55. The van der Waals surface area contributed by atoms with Crippen molar-refractivity contribution in [3.05, 3.63) is 0 Å². The highest BCUT2D eigenvalue weighted by molar-refractivity contribution is 7.86. The fraction of sp³-hybridized carbons (Fsp3) is 1.00. The van der Waals surface area contributed by atoms with Crippen molar-refractivity contribution in [2.24, 2.45) is 0 Å². The van der Waals surface area contributed by atoms with Gasteiger partial charge in [-0.2, -0.15) is 13.2 Å². The second-order valence-corrected chi connectivity index (χ2v) is 4.91. The fourth-order valence-electron chi connectivity index (χ4n) is 1.18. The molecule has 0 aromatic carbocycles. The van der Waals surface area contributed by atoms with Crippen LogP contribution in [0.4, 0.5) is 13.2 Å². The van der Waals surface area contributed by atoms with Crippen LogP contribution in [-0.2, 0) is 10.1 Å². The smallest absolute Gasteiger partial charge is 0.485 e. The highest BCUT2D eigenvalue weighted by Gasteiger charge is 2.36. The van der Waals surface area contributed by atoms with E-state index >= 15 is 0 Å². The van der Waals surface area contributed by atoms with E-state index in [0.29, 0.717) is 0 Å². The predicted molar refractivity (Wildman–Crippen MR) is 46.2 cm³/mol. The molecule has 0 spiro atoms. The quantitative estimate of drug-likeness (QED) is 0.475. The SMILES string of the molecule is CC1CCC[NH+]1C.O=S(=O)([O-])C(F)(F)F. The van der Waals surface area contributed by atoms with E-state index in [9.17, 15) is 13.2 Å². The summed E-state index contributed by atoms with van der Waals surface area (Å²) in [5.74, 6) is 0. The third kappa shape index (κ3) is 5.33. The maximum atomic E-state index is 10.7. The van der Waals surface area contributed by atoms with Crippen molar-refractivity contribution in [3.63, 3.8) is 0 Å². The van der Waals surface area contributed by atoms with Gasteiger partial charge in [0, 0.05) is 12.8 Å². The summed E-state index contributed by atoms with van der Waals surface area (Å²) in [7, 11) is -3.81. The van der Waals surface area contributed by atoms with E-state index < -0.39 is 15.6 Å². The summed E-state index contributed by atoms with van der Waals surface area (Å²) < 4.78 is 58.9. The van der Waals surface area contributed by atoms with Crippen LogP contribution in [0.1, 0.15) is 19.8 Å². The first kappa shape index (κ1) is 14.7. The van der Waals surface area contributed by atoms with Crippen molar-refractivity contribution in [3.8, 4) is 0 Å². The maximum absolute atomic E-state index is 10.7. The molecule has 0 aromatic heterocycles. The number of alkyl halides is 3. The number of hydrogen-bond acceptors (Lipinski definition) is 3. The topological polar surface area (TPSA) is 61.6 Å². The molecule has 1 rings (SSSR count). The van der Waals surface area contributed by atoms with Crippen LogP contribution >= 0.6 is 0 Å². The molecule has 1 heterocycles. The standard InChI is InChI=1S/C6H13N.CHF3O3S/c1-6-4-3-5-7(6)2;2-1(3,4)8(5,6)7/h6H,3-5H2,1-2H3;(H,5,6,7). The van der Waals surface area contributed by atoms with Gasteiger partial charge in [0.2, 0.25) is 0 Å². The van der Waals surface area contributed by atoms with E-state index in [1.807, 2.05) is 0 Å². The van der Waals surface area contributed by atoms with Crippen LogP contribution in [0.2, 0.25) is 0 Å². The molecule has 1 saturated heterocycles. The average molecular weight is 249 g/mol. The lowest BCUT2D eigenvalue weighted by Crippen LogP contribution is -3.10. The summed E-state index contributed by atoms with van der Waals surface area (Å²) in [4.78, 5) is 1.71. The summed E-state index contributed by atoms with van der Waals surface area (Å²) in [5.41, 5.74) is -5.65. The van der Waals surface area contributed by atoms with Gasteiger partial charge >= 0.3 is 5.51 Å². The number of quaternary nitrogens is 1. The Morgan fingerprint density at radius 1 is 1.40 bits per heavy atom. The van der Waals surface area contributed by atoms with Crippen LogP contribution in [0.5, 0.6) is 0 Å². The van der Waals surface area contributed by atoms with Crippen molar-refractivity contribution in [1.82, 2.24) is 0 Å². The highest BCUT2D eigenvalue weighted by atomic mass is 32.2. The minimum atomic E-state index is -6.09. The molecular weight excluding hydrogens is 235 g/mol. The number of hydrogen-bond donors (Lipinski definition) is 1. The second-order valence-electron chi connectivity index (χ2n) is 3.54. The number of likely N-dealkylation sites (tertiary alicyclic amines) is 1. The molecule has 1 N–H and O–H groups in total. The van der Waals surface area contributed by atoms with E-state index in [2.05, 4.69) is 14.0 Å². The molecule has 92 valence electrons. The Balaban J connectivity index is 0.000000262. The Kier molecular flexibility index (Phi) is 5.01. The molecule has 0 amide bonds. The second kappa shape index (κ2) is 5.13. The lowest BCUT2D eigenvalue weighted by molar-refractivity contribution is -0.889. The molecule has 15 heavy (non-hydrogen) atoms. The zero-order valence-corrected chi connectivity index (χ0v) is 9.28. The summed E-state index contributed by atoms with van der Waals surface area (Å²) in [6, 6.07) is 0.931. The molecule has 0 radical (unpaired) electrons. The van der Waals surface area contributed by atoms with E-state index in [-0.39, 0.29) is 0 Å². The van der Waals surface area contributed by atoms with E-state index in [1.54, 1.807) is 4.90 Å². The average Bonchev–Trinajstić information content (AvgIpc) is 2.33.